The summed E-state index contributed by atoms with van der Waals surface area (Å²) in [6, 6.07) is 0. The Balaban J connectivity index is 1.83. The molecule has 1 saturated heterocycles. The Labute approximate surface area is 115 Å². The monoisotopic (exact) mass is 283 g/mol. The van der Waals surface area contributed by atoms with Crippen molar-refractivity contribution < 1.29 is 9.66 Å². The molecule has 0 amide bonds. The fourth-order valence-corrected chi connectivity index (χ4v) is 2.03. The van der Waals surface area contributed by atoms with E-state index in [1.54, 1.807) is 0 Å². The summed E-state index contributed by atoms with van der Waals surface area (Å²) in [5, 5.41) is 13.7. The van der Waals surface area contributed by atoms with Gasteiger partial charge in [-0.3, -0.25) is 19.8 Å². The zero-order chi connectivity index (χ0) is 14.4. The Hall–Kier alpha value is -2.00. The lowest BCUT2D eigenvalue weighted by Gasteiger charge is -2.26. The molecule has 0 bridgehead atoms. The Morgan fingerprint density at radius 1 is 1.50 bits per heavy atom. The fourth-order valence-electron chi connectivity index (χ4n) is 2.03. The third-order valence-corrected chi connectivity index (χ3v) is 3.06. The summed E-state index contributed by atoms with van der Waals surface area (Å²) in [6.45, 7) is 4.71. The summed E-state index contributed by atoms with van der Waals surface area (Å²) in [4.78, 5) is 29.7. The van der Waals surface area contributed by atoms with Crippen LogP contribution in [0.15, 0.2) is 11.1 Å². The molecule has 0 atom stereocenters. The Kier molecular flexibility index (Phi) is 5.02. The van der Waals surface area contributed by atoms with Gasteiger partial charge >= 0.3 is 11.2 Å². The first-order valence-corrected chi connectivity index (χ1v) is 6.44. The quantitative estimate of drug-likeness (QED) is 0.422. The van der Waals surface area contributed by atoms with Crippen molar-refractivity contribution in [3.8, 4) is 0 Å². The summed E-state index contributed by atoms with van der Waals surface area (Å²) in [5.41, 5.74) is -1.29. The molecular weight excluding hydrogens is 266 g/mol. The summed E-state index contributed by atoms with van der Waals surface area (Å²) in [5.74, 6) is 0.0146. The van der Waals surface area contributed by atoms with Crippen LogP contribution in [-0.2, 0) is 4.74 Å². The number of aromatic nitrogens is 2. The maximum Gasteiger partial charge on any atom is 0.375 e. The fraction of sp³-hybridized carbons (Fsp3) is 0.636. The molecule has 2 heterocycles. The molecule has 9 heteroatoms. The molecule has 2 N–H and O–H groups in total. The number of hydrogen-bond acceptors (Lipinski definition) is 7. The molecule has 0 saturated carbocycles. The van der Waals surface area contributed by atoms with Crippen molar-refractivity contribution in [2.75, 3.05) is 44.7 Å². The van der Waals surface area contributed by atoms with Crippen LogP contribution in [0.3, 0.4) is 0 Å². The molecule has 2 rings (SSSR count). The van der Waals surface area contributed by atoms with E-state index < -0.39 is 16.2 Å². The van der Waals surface area contributed by atoms with Crippen molar-refractivity contribution in [1.29, 1.82) is 0 Å². The molecule has 1 fully saturated rings. The van der Waals surface area contributed by atoms with Crippen molar-refractivity contribution in [2.24, 2.45) is 0 Å². The first-order chi connectivity index (χ1) is 9.68. The lowest BCUT2D eigenvalue weighted by Crippen LogP contribution is -2.37. The number of nitrogens with zero attached hydrogens (tertiary/aromatic N) is 3. The van der Waals surface area contributed by atoms with Gasteiger partial charge in [0.25, 0.3) is 0 Å². The number of H-pyrrole nitrogens is 1. The molecule has 20 heavy (non-hydrogen) atoms. The van der Waals surface area contributed by atoms with E-state index in [1.165, 1.54) is 0 Å². The molecule has 0 radical (unpaired) electrons. The van der Waals surface area contributed by atoms with Crippen molar-refractivity contribution in [2.45, 2.75) is 6.42 Å². The van der Waals surface area contributed by atoms with Gasteiger partial charge in [0, 0.05) is 19.6 Å². The number of aromatic amines is 1. The lowest BCUT2D eigenvalue weighted by molar-refractivity contribution is -0.385. The molecule has 9 nitrogen and oxygen atoms in total. The Morgan fingerprint density at radius 3 is 2.95 bits per heavy atom. The average Bonchev–Trinajstić information content (AvgIpc) is 2.44. The van der Waals surface area contributed by atoms with E-state index in [4.69, 9.17) is 4.74 Å². The van der Waals surface area contributed by atoms with Crippen LogP contribution in [0.1, 0.15) is 6.42 Å². The molecule has 1 aromatic rings. The first-order valence-electron chi connectivity index (χ1n) is 6.44. The van der Waals surface area contributed by atoms with Gasteiger partial charge in [-0.05, 0) is 13.0 Å². The second-order valence-corrected chi connectivity index (χ2v) is 4.42. The van der Waals surface area contributed by atoms with Crippen LogP contribution < -0.4 is 10.9 Å². The van der Waals surface area contributed by atoms with E-state index in [9.17, 15) is 14.9 Å². The van der Waals surface area contributed by atoms with Crippen LogP contribution in [0.25, 0.3) is 0 Å². The van der Waals surface area contributed by atoms with Gasteiger partial charge in [0.2, 0.25) is 5.82 Å². The highest BCUT2D eigenvalue weighted by Crippen LogP contribution is 2.14. The zero-order valence-electron chi connectivity index (χ0n) is 11.0. The number of anilines is 1. The van der Waals surface area contributed by atoms with Crippen LogP contribution in [0.4, 0.5) is 11.5 Å². The summed E-state index contributed by atoms with van der Waals surface area (Å²) in [7, 11) is 0. The third-order valence-electron chi connectivity index (χ3n) is 3.06. The molecule has 0 aliphatic carbocycles. The molecule has 1 aliphatic rings. The van der Waals surface area contributed by atoms with Gasteiger partial charge in [-0.15, -0.1) is 0 Å². The standard InChI is InChI=1S/C11H17N5O4/c17-11-9(16(18)19)10(13-8-14-11)12-2-1-3-15-4-6-20-7-5-15/h8H,1-7H2,(H2,12,13,14,17). The van der Waals surface area contributed by atoms with Crippen LogP contribution >= 0.6 is 0 Å². The van der Waals surface area contributed by atoms with E-state index in [0.717, 1.165) is 45.6 Å². The van der Waals surface area contributed by atoms with Crippen molar-refractivity contribution in [3.05, 3.63) is 26.8 Å². The van der Waals surface area contributed by atoms with Gasteiger partial charge < -0.3 is 15.0 Å². The van der Waals surface area contributed by atoms with Crippen molar-refractivity contribution in [1.82, 2.24) is 14.9 Å². The minimum atomic E-state index is -0.749. The highest BCUT2D eigenvalue weighted by Gasteiger charge is 2.20. The van der Waals surface area contributed by atoms with E-state index in [1.807, 2.05) is 0 Å². The summed E-state index contributed by atoms with van der Waals surface area (Å²) >= 11 is 0. The summed E-state index contributed by atoms with van der Waals surface area (Å²) < 4.78 is 5.25. The maximum atomic E-state index is 11.4. The SMILES string of the molecule is O=c1[nH]cnc(NCCCN2CCOCC2)c1[N+](=O)[O-]. The highest BCUT2D eigenvalue weighted by molar-refractivity contribution is 5.53. The molecule has 0 unspecified atom stereocenters. The molecule has 1 aromatic heterocycles. The zero-order valence-corrected chi connectivity index (χ0v) is 11.0. The van der Waals surface area contributed by atoms with Gasteiger partial charge in [-0.2, -0.15) is 0 Å². The van der Waals surface area contributed by atoms with Crippen LogP contribution in [0, 0.1) is 10.1 Å². The predicted molar refractivity (Wildman–Crippen MR) is 71.9 cm³/mol. The minimum absolute atomic E-state index is 0.0146. The number of ether oxygens (including phenoxy) is 1. The molecule has 0 spiro atoms. The van der Waals surface area contributed by atoms with Gasteiger partial charge in [-0.25, -0.2) is 4.98 Å². The van der Waals surface area contributed by atoms with E-state index >= 15 is 0 Å². The second-order valence-electron chi connectivity index (χ2n) is 4.42. The van der Waals surface area contributed by atoms with E-state index in [0.29, 0.717) is 6.54 Å². The van der Waals surface area contributed by atoms with Gasteiger partial charge in [0.1, 0.15) is 0 Å². The molecule has 1 aliphatic heterocycles. The van der Waals surface area contributed by atoms with Crippen LogP contribution in [0.5, 0.6) is 0 Å². The van der Waals surface area contributed by atoms with Crippen LogP contribution in [0.2, 0.25) is 0 Å². The van der Waals surface area contributed by atoms with Gasteiger partial charge in [0.05, 0.1) is 24.5 Å². The third kappa shape index (κ3) is 3.75. The average molecular weight is 283 g/mol. The number of morpholine rings is 1. The number of nitro groups is 1. The highest BCUT2D eigenvalue weighted by atomic mass is 16.6. The lowest BCUT2D eigenvalue weighted by atomic mass is 10.3. The van der Waals surface area contributed by atoms with E-state index in [2.05, 4.69) is 20.2 Å². The van der Waals surface area contributed by atoms with E-state index in [-0.39, 0.29) is 5.82 Å². The van der Waals surface area contributed by atoms with Crippen LogP contribution in [-0.4, -0.2) is 59.2 Å². The Morgan fingerprint density at radius 2 is 2.25 bits per heavy atom. The number of nitrogens with one attached hydrogen (secondary N) is 2. The van der Waals surface area contributed by atoms with Crippen molar-refractivity contribution >= 4 is 11.5 Å². The molecular formula is C11H17N5O4. The van der Waals surface area contributed by atoms with Crippen molar-refractivity contribution in [3.63, 3.8) is 0 Å². The first kappa shape index (κ1) is 14.4. The second kappa shape index (κ2) is 6.96. The predicted octanol–water partition coefficient (Wildman–Crippen LogP) is -0.188. The Bertz CT molecular complexity index is 512. The van der Waals surface area contributed by atoms with Gasteiger partial charge in [-0.1, -0.05) is 0 Å². The number of rotatable bonds is 6. The van der Waals surface area contributed by atoms with Gasteiger partial charge in [0.15, 0.2) is 0 Å². The summed E-state index contributed by atoms with van der Waals surface area (Å²) in [6.07, 6.45) is 1.96. The maximum absolute atomic E-state index is 11.4. The topological polar surface area (TPSA) is 113 Å². The largest absolute Gasteiger partial charge is 0.379 e. The minimum Gasteiger partial charge on any atom is -0.379 e. The number of hydrogen-bond donors (Lipinski definition) is 2. The normalized spacial score (nSPS) is 16.0. The smallest absolute Gasteiger partial charge is 0.375 e. The molecule has 110 valence electrons. The molecule has 0 aromatic carbocycles.